The van der Waals surface area contributed by atoms with Crippen molar-refractivity contribution >= 4 is 10.8 Å². The summed E-state index contributed by atoms with van der Waals surface area (Å²) in [5.41, 5.74) is 17.0. The van der Waals surface area contributed by atoms with Gasteiger partial charge < -0.3 is 0 Å². The van der Waals surface area contributed by atoms with Gasteiger partial charge in [-0.3, -0.25) is 0 Å². The van der Waals surface area contributed by atoms with Crippen LogP contribution in [0.3, 0.4) is 0 Å². The van der Waals surface area contributed by atoms with Gasteiger partial charge in [0.25, 0.3) is 0 Å². The maximum Gasteiger partial charge on any atom is 0.0159 e. The smallest absolute Gasteiger partial charge is 0.0159 e. The molecule has 1 aliphatic rings. The number of hydrogen-bond acceptors (Lipinski definition) is 0. The van der Waals surface area contributed by atoms with Gasteiger partial charge in [0.15, 0.2) is 0 Å². The van der Waals surface area contributed by atoms with Gasteiger partial charge in [0.05, 0.1) is 0 Å². The van der Waals surface area contributed by atoms with Gasteiger partial charge in [-0.2, -0.15) is 0 Å². The van der Waals surface area contributed by atoms with Crippen LogP contribution < -0.4 is 0 Å². The van der Waals surface area contributed by atoms with Crippen molar-refractivity contribution in [3.8, 4) is 44.5 Å². The Morgan fingerprint density at radius 3 is 1.43 bits per heavy atom. The van der Waals surface area contributed by atoms with Crippen molar-refractivity contribution in [3.05, 3.63) is 216 Å². The lowest BCUT2D eigenvalue weighted by Gasteiger charge is -2.24. The normalized spacial score (nSPS) is 12.9. The zero-order valence-corrected chi connectivity index (χ0v) is 29.2. The van der Waals surface area contributed by atoms with Gasteiger partial charge >= 0.3 is 0 Å². The molecule has 1 aliphatic carbocycles. The summed E-state index contributed by atoms with van der Waals surface area (Å²) in [6.45, 7) is 4.79. The van der Waals surface area contributed by atoms with Crippen molar-refractivity contribution in [1.29, 1.82) is 0 Å². The maximum atomic E-state index is 2.49. The quantitative estimate of drug-likeness (QED) is 0.161. The Kier molecular flexibility index (Phi) is 7.74. The molecule has 0 saturated heterocycles. The van der Waals surface area contributed by atoms with E-state index in [4.69, 9.17) is 0 Å². The average Bonchev–Trinajstić information content (AvgIpc) is 3.42. The second-order valence-corrected chi connectivity index (χ2v) is 14.6. The van der Waals surface area contributed by atoms with Crippen LogP contribution in [-0.4, -0.2) is 0 Å². The Morgan fingerprint density at radius 1 is 0.373 bits per heavy atom. The first-order chi connectivity index (χ1) is 25.0. The van der Waals surface area contributed by atoms with Crippen LogP contribution in [0.1, 0.15) is 47.6 Å². The largest absolute Gasteiger partial charge is 0.0622 e. The molecule has 244 valence electrons. The van der Waals surface area contributed by atoms with E-state index < -0.39 is 0 Å². The second-order valence-electron chi connectivity index (χ2n) is 14.6. The van der Waals surface area contributed by atoms with Crippen LogP contribution in [0.5, 0.6) is 0 Å². The molecule has 0 heterocycles. The molecule has 51 heavy (non-hydrogen) atoms. The minimum Gasteiger partial charge on any atom is -0.0622 e. The molecule has 0 bridgehead atoms. The lowest BCUT2D eigenvalue weighted by Crippen LogP contribution is -2.15. The molecular formula is C51H40. The summed E-state index contributed by atoms with van der Waals surface area (Å²) >= 11 is 0. The summed E-state index contributed by atoms with van der Waals surface area (Å²) in [7, 11) is 0. The molecule has 0 fully saturated rings. The molecule has 0 unspecified atom stereocenters. The van der Waals surface area contributed by atoms with Gasteiger partial charge in [-0.15, -0.1) is 0 Å². The van der Waals surface area contributed by atoms with E-state index in [1.807, 2.05) is 0 Å². The van der Waals surface area contributed by atoms with E-state index in [-0.39, 0.29) is 11.3 Å². The third kappa shape index (κ3) is 5.77. The van der Waals surface area contributed by atoms with Crippen molar-refractivity contribution in [2.75, 3.05) is 0 Å². The number of rotatable bonds is 7. The predicted octanol–water partition coefficient (Wildman–Crippen LogP) is 13.5. The summed E-state index contributed by atoms with van der Waals surface area (Å²) in [4.78, 5) is 0. The van der Waals surface area contributed by atoms with E-state index >= 15 is 0 Å². The molecule has 0 atom stereocenters. The molecule has 0 saturated carbocycles. The first kappa shape index (κ1) is 31.0. The molecule has 0 heteroatoms. The second kappa shape index (κ2) is 12.7. The van der Waals surface area contributed by atoms with Crippen LogP contribution >= 0.6 is 0 Å². The van der Waals surface area contributed by atoms with Gasteiger partial charge in [0, 0.05) is 11.3 Å². The van der Waals surface area contributed by atoms with Crippen LogP contribution in [0, 0.1) is 0 Å². The fourth-order valence-electron chi connectivity index (χ4n) is 8.20. The van der Waals surface area contributed by atoms with Gasteiger partial charge in [-0.1, -0.05) is 190 Å². The van der Waals surface area contributed by atoms with Crippen molar-refractivity contribution in [2.45, 2.75) is 31.6 Å². The highest BCUT2D eigenvalue weighted by Crippen LogP contribution is 2.50. The van der Waals surface area contributed by atoms with E-state index in [2.05, 4.69) is 202 Å². The van der Waals surface area contributed by atoms with Gasteiger partial charge in [0.2, 0.25) is 0 Å². The maximum absolute atomic E-state index is 2.49. The predicted molar refractivity (Wildman–Crippen MR) is 216 cm³/mol. The molecule has 0 nitrogen and oxygen atoms in total. The van der Waals surface area contributed by atoms with E-state index in [1.54, 1.807) is 0 Å². The summed E-state index contributed by atoms with van der Waals surface area (Å²) < 4.78 is 0. The highest BCUT2D eigenvalue weighted by molar-refractivity contribution is 5.89. The third-order valence-electron chi connectivity index (χ3n) is 11.1. The van der Waals surface area contributed by atoms with Gasteiger partial charge in [-0.25, -0.2) is 0 Å². The van der Waals surface area contributed by atoms with Crippen molar-refractivity contribution in [2.24, 2.45) is 0 Å². The zero-order valence-electron chi connectivity index (χ0n) is 29.2. The Hall–Kier alpha value is -5.98. The van der Waals surface area contributed by atoms with Crippen LogP contribution in [-0.2, 0) is 11.8 Å². The van der Waals surface area contributed by atoms with Gasteiger partial charge in [-0.05, 0) is 102 Å². The topological polar surface area (TPSA) is 0 Å². The molecule has 0 N–H and O–H groups in total. The minimum atomic E-state index is -0.0995. The summed E-state index contributed by atoms with van der Waals surface area (Å²) in [6.07, 6.45) is 0.928. The molecule has 8 aromatic carbocycles. The molecule has 9 rings (SSSR count). The Balaban J connectivity index is 1.06. The molecule has 0 aromatic heterocycles. The lowest BCUT2D eigenvalue weighted by molar-refractivity contribution is 0.658. The standard InChI is InChI=1S/C51H40/c1-51(2)49-32-35(17-29-46(49)47-30-28-45(34-50(47)51)44-27-22-38-15-9-10-16-43(38)33-44)31-48(41-23-18-39(19-24-41)36-11-5-3-6-12-36)42-25-20-40(21-26-42)37-13-7-4-8-14-37/h3-30,32-34,48H,31H2,1-2H3. The SMILES string of the molecule is CC1(C)c2cc(CC(c3ccc(-c4ccccc4)cc3)c3ccc(-c4ccccc4)cc3)ccc2-c2ccc(-c3ccc4ccccc4c3)cc21. The summed E-state index contributed by atoms with van der Waals surface area (Å²) in [5, 5.41) is 2.56. The molecule has 0 spiro atoms. The van der Waals surface area contributed by atoms with Crippen LogP contribution in [0.25, 0.3) is 55.3 Å². The van der Waals surface area contributed by atoms with Crippen molar-refractivity contribution in [1.82, 2.24) is 0 Å². The van der Waals surface area contributed by atoms with E-state index in [0.29, 0.717) is 0 Å². The third-order valence-corrected chi connectivity index (χ3v) is 11.1. The summed E-state index contributed by atoms with van der Waals surface area (Å²) in [6, 6.07) is 69.6. The summed E-state index contributed by atoms with van der Waals surface area (Å²) in [5.74, 6) is 0.226. The molecule has 0 amide bonds. The number of benzene rings is 8. The number of fused-ring (bicyclic) bond motifs is 4. The first-order valence-corrected chi connectivity index (χ1v) is 18.1. The zero-order chi connectivity index (χ0) is 34.4. The monoisotopic (exact) mass is 652 g/mol. The minimum absolute atomic E-state index is 0.0995. The Bertz CT molecular complexity index is 2400. The van der Waals surface area contributed by atoms with E-state index in [9.17, 15) is 0 Å². The van der Waals surface area contributed by atoms with Crippen LogP contribution in [0.15, 0.2) is 188 Å². The number of hydrogen-bond donors (Lipinski definition) is 0. The van der Waals surface area contributed by atoms with Crippen molar-refractivity contribution < 1.29 is 0 Å². The molecular weight excluding hydrogens is 613 g/mol. The fourth-order valence-corrected chi connectivity index (χ4v) is 8.20. The molecule has 0 radical (unpaired) electrons. The Morgan fingerprint density at radius 2 is 0.824 bits per heavy atom. The van der Waals surface area contributed by atoms with E-state index in [1.165, 1.54) is 83.1 Å². The lowest BCUT2D eigenvalue weighted by atomic mass is 9.79. The Labute approximate surface area is 301 Å². The average molecular weight is 653 g/mol. The van der Waals surface area contributed by atoms with E-state index in [0.717, 1.165) is 6.42 Å². The fraction of sp³-hybridized carbons (Fsp3) is 0.0980. The molecule has 8 aromatic rings. The van der Waals surface area contributed by atoms with Crippen LogP contribution in [0.4, 0.5) is 0 Å². The highest BCUT2D eigenvalue weighted by atomic mass is 14.4. The van der Waals surface area contributed by atoms with Crippen molar-refractivity contribution in [3.63, 3.8) is 0 Å². The molecule has 0 aliphatic heterocycles. The van der Waals surface area contributed by atoms with Gasteiger partial charge in [0.1, 0.15) is 0 Å². The highest BCUT2D eigenvalue weighted by Gasteiger charge is 2.36. The first-order valence-electron chi connectivity index (χ1n) is 18.1. The van der Waals surface area contributed by atoms with Crippen LogP contribution in [0.2, 0.25) is 0 Å².